The molecule has 0 saturated heterocycles. The molecule has 0 saturated carbocycles. The Kier molecular flexibility index (Phi) is 5.96. The largest absolute Gasteiger partial charge is 0.472 e. The van der Waals surface area contributed by atoms with E-state index < -0.39 is 28.3 Å². The third-order valence-corrected chi connectivity index (χ3v) is 3.26. The molecule has 0 aliphatic heterocycles. The average molecular weight is 405 g/mol. The topological polar surface area (TPSA) is 125 Å². The molecule has 0 radical (unpaired) electrons. The first-order chi connectivity index (χ1) is 13.3. The molecular weight excluding hydrogens is 382 g/mol. The van der Waals surface area contributed by atoms with Crippen LogP contribution in [-0.2, 0) is 9.47 Å². The van der Waals surface area contributed by atoms with Crippen molar-refractivity contribution in [1.29, 1.82) is 0 Å². The molecule has 0 bridgehead atoms. The van der Waals surface area contributed by atoms with Crippen LogP contribution < -0.4 is 4.90 Å². The molecule has 10 heteroatoms. The van der Waals surface area contributed by atoms with Gasteiger partial charge < -0.3 is 13.9 Å². The van der Waals surface area contributed by atoms with Gasteiger partial charge >= 0.3 is 12.2 Å². The summed E-state index contributed by atoms with van der Waals surface area (Å²) in [6.45, 7) is 9.82. The molecule has 0 aliphatic carbocycles. The van der Waals surface area contributed by atoms with Gasteiger partial charge in [0, 0.05) is 17.2 Å². The first-order valence-electron chi connectivity index (χ1n) is 8.71. The van der Waals surface area contributed by atoms with E-state index in [1.165, 1.54) is 24.7 Å². The van der Waals surface area contributed by atoms with Crippen LogP contribution in [0.15, 0.2) is 35.3 Å². The highest BCUT2D eigenvalue weighted by Crippen LogP contribution is 2.34. The lowest BCUT2D eigenvalue weighted by atomic mass is 10.1. The molecule has 0 unspecified atom stereocenters. The molecule has 0 atom stereocenters. The van der Waals surface area contributed by atoms with Gasteiger partial charge in [0.1, 0.15) is 17.4 Å². The maximum Gasteiger partial charge on any atom is 0.425 e. The summed E-state index contributed by atoms with van der Waals surface area (Å²) in [5, 5.41) is 11.2. The highest BCUT2D eigenvalue weighted by atomic mass is 16.6. The van der Waals surface area contributed by atoms with Crippen LogP contribution in [0.4, 0.5) is 21.1 Å². The van der Waals surface area contributed by atoms with Gasteiger partial charge in [-0.3, -0.25) is 10.1 Å². The van der Waals surface area contributed by atoms with Gasteiger partial charge in [-0.15, -0.1) is 0 Å². The van der Waals surface area contributed by atoms with Crippen molar-refractivity contribution in [1.82, 2.24) is 4.98 Å². The third-order valence-electron chi connectivity index (χ3n) is 3.26. The first-order valence-corrected chi connectivity index (χ1v) is 8.71. The number of hydrogen-bond donors (Lipinski definition) is 0. The standard InChI is InChI=1S/C19H23N3O7/c1-18(2,3)28-16(23)21(17(24)29-19(4,5)6)15-14(12-7-8-27-11-12)9-13(10-20-15)22(25)26/h7-11H,1-6H3. The number of pyridine rings is 1. The van der Waals surface area contributed by atoms with Crippen LogP contribution in [0.25, 0.3) is 11.1 Å². The van der Waals surface area contributed by atoms with Crippen LogP contribution >= 0.6 is 0 Å². The van der Waals surface area contributed by atoms with Gasteiger partial charge in [0.15, 0.2) is 5.82 Å². The fourth-order valence-corrected chi connectivity index (χ4v) is 2.22. The smallest absolute Gasteiger partial charge is 0.425 e. The fraction of sp³-hybridized carbons (Fsp3) is 0.421. The van der Waals surface area contributed by atoms with Crippen LogP contribution in [0.5, 0.6) is 0 Å². The lowest BCUT2D eigenvalue weighted by Gasteiger charge is -2.28. The Balaban J connectivity index is 2.64. The second-order valence-electron chi connectivity index (χ2n) is 8.13. The van der Waals surface area contributed by atoms with E-state index in [4.69, 9.17) is 13.9 Å². The minimum Gasteiger partial charge on any atom is -0.472 e. The van der Waals surface area contributed by atoms with Gasteiger partial charge in [-0.05, 0) is 47.6 Å². The summed E-state index contributed by atoms with van der Waals surface area (Å²) in [7, 11) is 0. The van der Waals surface area contributed by atoms with Gasteiger partial charge in [-0.25, -0.2) is 14.6 Å². The molecule has 2 aromatic rings. The Morgan fingerprint density at radius 1 is 1.10 bits per heavy atom. The molecule has 2 rings (SSSR count). The summed E-state index contributed by atoms with van der Waals surface area (Å²) >= 11 is 0. The summed E-state index contributed by atoms with van der Waals surface area (Å²) in [5.41, 5.74) is -1.63. The van der Waals surface area contributed by atoms with E-state index in [0.717, 1.165) is 6.20 Å². The number of carbonyl (C=O) groups excluding carboxylic acids is 2. The number of nitrogens with zero attached hydrogens (tertiary/aromatic N) is 3. The molecule has 156 valence electrons. The summed E-state index contributed by atoms with van der Waals surface area (Å²) in [5.74, 6) is -0.180. The molecule has 2 aromatic heterocycles. The minimum atomic E-state index is -1.03. The minimum absolute atomic E-state index is 0.129. The van der Waals surface area contributed by atoms with Gasteiger partial charge in [-0.1, -0.05) is 0 Å². The summed E-state index contributed by atoms with van der Waals surface area (Å²) in [6.07, 6.45) is 1.55. The van der Waals surface area contributed by atoms with Gasteiger partial charge in [0.2, 0.25) is 0 Å². The zero-order valence-corrected chi connectivity index (χ0v) is 17.1. The van der Waals surface area contributed by atoms with Crippen molar-refractivity contribution in [3.8, 4) is 11.1 Å². The lowest BCUT2D eigenvalue weighted by Crippen LogP contribution is -2.44. The number of aromatic nitrogens is 1. The number of imide groups is 1. The van der Waals surface area contributed by atoms with Crippen molar-refractivity contribution in [2.75, 3.05) is 4.90 Å². The van der Waals surface area contributed by atoms with E-state index in [2.05, 4.69) is 4.98 Å². The van der Waals surface area contributed by atoms with Crippen LogP contribution in [-0.4, -0.2) is 33.3 Å². The number of anilines is 1. The van der Waals surface area contributed by atoms with Gasteiger partial charge in [-0.2, -0.15) is 4.90 Å². The van der Waals surface area contributed by atoms with Gasteiger partial charge in [0.25, 0.3) is 5.69 Å². The van der Waals surface area contributed by atoms with Crippen LogP contribution in [0, 0.1) is 10.1 Å². The molecule has 29 heavy (non-hydrogen) atoms. The molecule has 2 heterocycles. The summed E-state index contributed by atoms with van der Waals surface area (Å²) < 4.78 is 15.7. The van der Waals surface area contributed by atoms with Crippen molar-refractivity contribution in [2.45, 2.75) is 52.7 Å². The average Bonchev–Trinajstić information content (AvgIpc) is 3.05. The zero-order valence-electron chi connectivity index (χ0n) is 17.1. The van der Waals surface area contributed by atoms with Crippen molar-refractivity contribution in [2.24, 2.45) is 0 Å². The molecule has 0 N–H and O–H groups in total. The highest BCUT2D eigenvalue weighted by Gasteiger charge is 2.36. The van der Waals surface area contributed by atoms with Crippen LogP contribution in [0.1, 0.15) is 41.5 Å². The van der Waals surface area contributed by atoms with Crippen LogP contribution in [0.2, 0.25) is 0 Å². The Labute approximate surface area is 167 Å². The normalized spacial score (nSPS) is 11.7. The quantitative estimate of drug-likeness (QED) is 0.520. The maximum absolute atomic E-state index is 12.8. The SMILES string of the molecule is CC(C)(C)OC(=O)N(C(=O)OC(C)(C)C)c1ncc([N+](=O)[O-])cc1-c1ccoc1. The monoisotopic (exact) mass is 405 g/mol. The maximum atomic E-state index is 12.8. The molecule has 10 nitrogen and oxygen atoms in total. The first kappa shape index (κ1) is 21.9. The molecular formula is C19H23N3O7. The zero-order chi connectivity index (χ0) is 22.0. The second kappa shape index (κ2) is 7.90. The predicted molar refractivity (Wildman–Crippen MR) is 104 cm³/mol. The number of ether oxygens (including phenoxy) is 2. The van der Waals surface area contributed by atoms with Crippen molar-refractivity contribution < 1.29 is 28.4 Å². The van der Waals surface area contributed by atoms with E-state index in [-0.39, 0.29) is 17.1 Å². The fourth-order valence-electron chi connectivity index (χ4n) is 2.22. The third kappa shape index (κ3) is 5.77. The van der Waals surface area contributed by atoms with Crippen molar-refractivity contribution in [3.05, 3.63) is 41.0 Å². The number of furan rings is 1. The molecule has 0 aliphatic rings. The van der Waals surface area contributed by atoms with E-state index in [0.29, 0.717) is 10.5 Å². The van der Waals surface area contributed by atoms with E-state index in [1.807, 2.05) is 0 Å². The Bertz CT molecular complexity index is 881. The van der Waals surface area contributed by atoms with E-state index in [9.17, 15) is 19.7 Å². The molecule has 0 fully saturated rings. The Morgan fingerprint density at radius 3 is 2.07 bits per heavy atom. The summed E-state index contributed by atoms with van der Waals surface area (Å²) in [6, 6.07) is 2.71. The number of rotatable bonds is 3. The highest BCUT2D eigenvalue weighted by molar-refractivity contribution is 6.11. The van der Waals surface area contributed by atoms with E-state index >= 15 is 0 Å². The number of carbonyl (C=O) groups is 2. The van der Waals surface area contributed by atoms with E-state index in [1.54, 1.807) is 41.5 Å². The van der Waals surface area contributed by atoms with Gasteiger partial charge in [0.05, 0.1) is 17.4 Å². The Hall–Kier alpha value is -3.43. The predicted octanol–water partition coefficient (Wildman–Crippen LogP) is 4.93. The molecule has 0 spiro atoms. The van der Waals surface area contributed by atoms with Crippen molar-refractivity contribution in [3.63, 3.8) is 0 Å². The molecule has 2 amide bonds. The van der Waals surface area contributed by atoms with Crippen LogP contribution in [0.3, 0.4) is 0 Å². The lowest BCUT2D eigenvalue weighted by molar-refractivity contribution is -0.385. The number of hydrogen-bond acceptors (Lipinski definition) is 8. The Morgan fingerprint density at radius 2 is 1.66 bits per heavy atom. The number of amides is 2. The second-order valence-corrected chi connectivity index (χ2v) is 8.13. The number of nitro groups is 1. The summed E-state index contributed by atoms with van der Waals surface area (Å²) in [4.78, 5) is 40.8. The van der Waals surface area contributed by atoms with Crippen molar-refractivity contribution >= 4 is 23.7 Å². The molecule has 0 aromatic carbocycles.